The molecule has 0 spiro atoms. The van der Waals surface area contributed by atoms with Gasteiger partial charge in [-0.1, -0.05) is 34.5 Å². The number of hydrogen-bond donors (Lipinski definition) is 3. The van der Waals surface area contributed by atoms with Crippen LogP contribution in [0.4, 0.5) is 16.2 Å². The molecule has 0 aliphatic carbocycles. The molecular formula is C19H19BrClN3O3. The number of anilines is 2. The number of nitrogens with one attached hydrogen (secondary N) is 2. The molecule has 27 heavy (non-hydrogen) atoms. The highest BCUT2D eigenvalue weighted by Gasteiger charge is 2.52. The van der Waals surface area contributed by atoms with Crippen LogP contribution in [0.3, 0.4) is 0 Å². The predicted octanol–water partition coefficient (Wildman–Crippen LogP) is 4.21. The topological polar surface area (TPSA) is 81.7 Å². The molecule has 2 atom stereocenters. The number of carbonyl (C=O) groups is 2. The summed E-state index contributed by atoms with van der Waals surface area (Å²) in [7, 11) is 0. The summed E-state index contributed by atoms with van der Waals surface area (Å²) in [6, 6.07) is 10.5. The molecule has 2 aromatic carbocycles. The quantitative estimate of drug-likeness (QED) is 0.650. The van der Waals surface area contributed by atoms with Crippen LogP contribution in [0, 0.1) is 0 Å². The number of benzene rings is 2. The molecule has 3 rings (SSSR count). The second kappa shape index (κ2) is 7.50. The van der Waals surface area contributed by atoms with Gasteiger partial charge >= 0.3 is 6.03 Å². The van der Waals surface area contributed by atoms with Gasteiger partial charge in [-0.15, -0.1) is 0 Å². The van der Waals surface area contributed by atoms with Crippen molar-refractivity contribution in [2.45, 2.75) is 32.0 Å². The van der Waals surface area contributed by atoms with Crippen molar-refractivity contribution < 1.29 is 14.7 Å². The van der Waals surface area contributed by atoms with Gasteiger partial charge in [-0.2, -0.15) is 0 Å². The molecule has 1 aliphatic heterocycles. The summed E-state index contributed by atoms with van der Waals surface area (Å²) in [6.07, 6.45) is 0.681. The van der Waals surface area contributed by atoms with E-state index in [1.54, 1.807) is 42.5 Å². The second-order valence-electron chi connectivity index (χ2n) is 6.39. The van der Waals surface area contributed by atoms with E-state index >= 15 is 0 Å². The Morgan fingerprint density at radius 2 is 2.00 bits per heavy atom. The zero-order valence-corrected chi connectivity index (χ0v) is 17.1. The van der Waals surface area contributed by atoms with Gasteiger partial charge in [0.2, 0.25) is 0 Å². The molecule has 0 radical (unpaired) electrons. The van der Waals surface area contributed by atoms with E-state index < -0.39 is 17.7 Å². The standard InChI is InChI=1S/C19H19BrClN3O3/c1-3-11(2)22-17(25)19(27)15-10-12(20)4-9-16(15)23-18(26)24(19)14-7-5-13(21)6-8-14/h4-11,27H,3H2,1-2H3,(H,22,25)(H,23,26)/t11-,19+/m0/s1. The van der Waals surface area contributed by atoms with Gasteiger partial charge in [0.1, 0.15) is 0 Å². The van der Waals surface area contributed by atoms with Crippen molar-refractivity contribution in [3.8, 4) is 0 Å². The Morgan fingerprint density at radius 1 is 1.33 bits per heavy atom. The smallest absolute Gasteiger partial charge is 0.329 e. The van der Waals surface area contributed by atoms with Gasteiger partial charge in [0, 0.05) is 26.8 Å². The first kappa shape index (κ1) is 19.7. The number of carbonyl (C=O) groups excluding carboxylic acids is 2. The van der Waals surface area contributed by atoms with Crippen LogP contribution in [0.2, 0.25) is 5.02 Å². The Morgan fingerprint density at radius 3 is 2.63 bits per heavy atom. The number of halogens is 2. The first-order valence-corrected chi connectivity index (χ1v) is 9.64. The first-order chi connectivity index (χ1) is 12.8. The van der Waals surface area contributed by atoms with Gasteiger partial charge in [-0.3, -0.25) is 9.69 Å². The van der Waals surface area contributed by atoms with E-state index in [0.717, 1.165) is 4.90 Å². The first-order valence-electron chi connectivity index (χ1n) is 8.47. The molecule has 1 heterocycles. The summed E-state index contributed by atoms with van der Waals surface area (Å²) in [4.78, 5) is 27.0. The Balaban J connectivity index is 2.19. The summed E-state index contributed by atoms with van der Waals surface area (Å²) in [6.45, 7) is 3.75. The van der Waals surface area contributed by atoms with Crippen molar-refractivity contribution in [3.63, 3.8) is 0 Å². The summed E-state index contributed by atoms with van der Waals surface area (Å²) < 4.78 is 0.670. The van der Waals surface area contributed by atoms with E-state index in [-0.39, 0.29) is 11.6 Å². The minimum absolute atomic E-state index is 0.172. The molecule has 0 fully saturated rings. The highest BCUT2D eigenvalue weighted by molar-refractivity contribution is 9.10. The van der Waals surface area contributed by atoms with Crippen molar-refractivity contribution in [2.75, 3.05) is 10.2 Å². The maximum Gasteiger partial charge on any atom is 0.329 e. The molecule has 0 bridgehead atoms. The summed E-state index contributed by atoms with van der Waals surface area (Å²) >= 11 is 9.31. The summed E-state index contributed by atoms with van der Waals surface area (Å²) in [5, 5.41) is 17.6. The van der Waals surface area contributed by atoms with E-state index in [0.29, 0.717) is 27.3 Å². The Labute approximate surface area is 170 Å². The molecule has 3 N–H and O–H groups in total. The molecule has 0 saturated heterocycles. The molecule has 0 aromatic heterocycles. The SMILES string of the molecule is CC[C@H](C)NC(=O)[C@]1(O)c2cc(Br)ccc2NC(=O)N1c1ccc(Cl)cc1. The van der Waals surface area contributed by atoms with E-state index in [4.69, 9.17) is 11.6 Å². The molecule has 6 nitrogen and oxygen atoms in total. The fourth-order valence-corrected chi connectivity index (χ4v) is 3.38. The molecule has 0 unspecified atom stereocenters. The minimum Gasteiger partial charge on any atom is -0.359 e. The van der Waals surface area contributed by atoms with E-state index in [9.17, 15) is 14.7 Å². The lowest BCUT2D eigenvalue weighted by Crippen LogP contribution is -2.63. The van der Waals surface area contributed by atoms with Crippen molar-refractivity contribution in [2.24, 2.45) is 0 Å². The predicted molar refractivity (Wildman–Crippen MR) is 109 cm³/mol. The number of hydrogen-bond acceptors (Lipinski definition) is 3. The lowest BCUT2D eigenvalue weighted by atomic mass is 9.94. The molecule has 2 aromatic rings. The molecule has 1 aliphatic rings. The highest BCUT2D eigenvalue weighted by atomic mass is 79.9. The fraction of sp³-hybridized carbons (Fsp3) is 0.263. The number of aliphatic hydroxyl groups is 1. The lowest BCUT2D eigenvalue weighted by molar-refractivity contribution is -0.140. The Kier molecular flexibility index (Phi) is 5.46. The summed E-state index contributed by atoms with van der Waals surface area (Å²) in [5.74, 6) is -0.680. The third-order valence-corrected chi connectivity index (χ3v) is 5.26. The number of rotatable bonds is 4. The zero-order chi connectivity index (χ0) is 19.8. The number of fused-ring (bicyclic) bond motifs is 1. The zero-order valence-electron chi connectivity index (χ0n) is 14.8. The van der Waals surface area contributed by atoms with Gasteiger partial charge in [0.15, 0.2) is 0 Å². The highest BCUT2D eigenvalue weighted by Crippen LogP contribution is 2.41. The van der Waals surface area contributed by atoms with Crippen molar-refractivity contribution >= 4 is 50.8 Å². The van der Waals surface area contributed by atoms with E-state index in [2.05, 4.69) is 26.6 Å². The van der Waals surface area contributed by atoms with Gasteiger partial charge in [0.25, 0.3) is 11.6 Å². The third-order valence-electron chi connectivity index (χ3n) is 4.52. The maximum atomic E-state index is 13.1. The average Bonchev–Trinajstić information content (AvgIpc) is 2.63. The largest absolute Gasteiger partial charge is 0.359 e. The van der Waals surface area contributed by atoms with Crippen LogP contribution in [0.15, 0.2) is 46.9 Å². The van der Waals surface area contributed by atoms with Crippen molar-refractivity contribution in [1.82, 2.24) is 5.32 Å². The molecule has 142 valence electrons. The lowest BCUT2D eigenvalue weighted by Gasteiger charge is -2.43. The van der Waals surface area contributed by atoms with Crippen molar-refractivity contribution in [1.29, 1.82) is 0 Å². The molecule has 8 heteroatoms. The third kappa shape index (κ3) is 3.54. The van der Waals surface area contributed by atoms with E-state index in [1.165, 1.54) is 0 Å². The van der Waals surface area contributed by atoms with Crippen LogP contribution < -0.4 is 15.5 Å². The normalized spacial score (nSPS) is 19.9. The monoisotopic (exact) mass is 451 g/mol. The fourth-order valence-electron chi connectivity index (χ4n) is 2.90. The summed E-state index contributed by atoms with van der Waals surface area (Å²) in [5.41, 5.74) is -1.25. The van der Waals surface area contributed by atoms with Crippen LogP contribution >= 0.6 is 27.5 Å². The molecule has 3 amide bonds. The van der Waals surface area contributed by atoms with Gasteiger partial charge in [0.05, 0.1) is 5.69 Å². The van der Waals surface area contributed by atoms with Crippen LogP contribution in [-0.2, 0) is 10.5 Å². The van der Waals surface area contributed by atoms with Gasteiger partial charge < -0.3 is 15.7 Å². The second-order valence-corrected chi connectivity index (χ2v) is 7.74. The molecular weight excluding hydrogens is 434 g/mol. The Bertz CT molecular complexity index is 890. The maximum absolute atomic E-state index is 13.1. The number of nitrogens with zero attached hydrogens (tertiary/aromatic N) is 1. The van der Waals surface area contributed by atoms with Gasteiger partial charge in [-0.05, 0) is 55.8 Å². The van der Waals surface area contributed by atoms with E-state index in [1.807, 2.05) is 13.8 Å². The van der Waals surface area contributed by atoms with Crippen LogP contribution in [0.1, 0.15) is 25.8 Å². The van der Waals surface area contributed by atoms with Crippen LogP contribution in [0.25, 0.3) is 0 Å². The molecule has 0 saturated carbocycles. The average molecular weight is 453 g/mol. The Hall–Kier alpha value is -2.09. The van der Waals surface area contributed by atoms with Crippen LogP contribution in [0.5, 0.6) is 0 Å². The van der Waals surface area contributed by atoms with Gasteiger partial charge in [-0.25, -0.2) is 4.79 Å². The number of amides is 3. The van der Waals surface area contributed by atoms with Crippen LogP contribution in [-0.4, -0.2) is 23.1 Å². The minimum atomic E-state index is -2.22. The van der Waals surface area contributed by atoms with Crippen molar-refractivity contribution in [3.05, 3.63) is 57.5 Å². The number of urea groups is 1.